The van der Waals surface area contributed by atoms with Gasteiger partial charge in [0.1, 0.15) is 11.6 Å². The third-order valence-corrected chi connectivity index (χ3v) is 4.73. The average Bonchev–Trinajstić information content (AvgIpc) is 2.99. The molecule has 0 unspecified atom stereocenters. The summed E-state index contributed by atoms with van der Waals surface area (Å²) in [5, 5.41) is 0. The van der Waals surface area contributed by atoms with E-state index in [1.54, 1.807) is 0 Å². The highest BCUT2D eigenvalue weighted by molar-refractivity contribution is 5.61. The minimum atomic E-state index is 0.806. The molecular formula is C21H28N2O. The van der Waals surface area contributed by atoms with Crippen LogP contribution in [-0.4, -0.2) is 16.2 Å². The van der Waals surface area contributed by atoms with E-state index in [0.717, 1.165) is 37.6 Å². The molecular weight excluding hydrogens is 296 g/mol. The summed E-state index contributed by atoms with van der Waals surface area (Å²) in [6, 6.07) is 4.40. The summed E-state index contributed by atoms with van der Waals surface area (Å²) in [5.74, 6) is 2.17. The summed E-state index contributed by atoms with van der Waals surface area (Å²) in [6.07, 6.45) is 12.2. The maximum atomic E-state index is 5.98. The first-order valence-electron chi connectivity index (χ1n) is 9.11. The molecule has 0 atom stereocenters. The van der Waals surface area contributed by atoms with Crippen molar-refractivity contribution in [3.63, 3.8) is 0 Å². The van der Waals surface area contributed by atoms with Crippen LogP contribution in [0.5, 0.6) is 5.75 Å². The number of hydrogen-bond acceptors (Lipinski definition) is 2. The summed E-state index contributed by atoms with van der Waals surface area (Å²) in [7, 11) is 0. The van der Waals surface area contributed by atoms with Crippen LogP contribution < -0.4 is 4.74 Å². The summed E-state index contributed by atoms with van der Waals surface area (Å²) < 4.78 is 8.17. The zero-order chi connectivity index (χ0) is 16.9. The number of nitrogens with zero attached hydrogens (tertiary/aromatic N) is 2. The highest BCUT2D eigenvalue weighted by atomic mass is 16.5. The van der Waals surface area contributed by atoms with Gasteiger partial charge in [-0.25, -0.2) is 4.98 Å². The highest BCUT2D eigenvalue weighted by Gasteiger charge is 2.17. The topological polar surface area (TPSA) is 27.1 Å². The first-order valence-corrected chi connectivity index (χ1v) is 9.11. The van der Waals surface area contributed by atoms with Gasteiger partial charge in [0.2, 0.25) is 0 Å². The highest BCUT2D eigenvalue weighted by Crippen LogP contribution is 2.33. The smallest absolute Gasteiger partial charge is 0.122 e. The first kappa shape index (κ1) is 16.8. The Labute approximate surface area is 145 Å². The number of ether oxygens (including phenoxy) is 1. The van der Waals surface area contributed by atoms with Gasteiger partial charge in [0.25, 0.3) is 0 Å². The van der Waals surface area contributed by atoms with Crippen molar-refractivity contribution in [1.29, 1.82) is 0 Å². The van der Waals surface area contributed by atoms with Crippen molar-refractivity contribution in [3.8, 4) is 5.75 Å². The lowest BCUT2D eigenvalue weighted by molar-refractivity contribution is 0.312. The largest absolute Gasteiger partial charge is 0.493 e. The molecule has 24 heavy (non-hydrogen) atoms. The van der Waals surface area contributed by atoms with Gasteiger partial charge in [-0.3, -0.25) is 0 Å². The van der Waals surface area contributed by atoms with Crippen molar-refractivity contribution in [2.45, 2.75) is 59.4 Å². The van der Waals surface area contributed by atoms with E-state index < -0.39 is 0 Å². The van der Waals surface area contributed by atoms with Crippen LogP contribution in [0.25, 0.3) is 6.08 Å². The van der Waals surface area contributed by atoms with Crippen molar-refractivity contribution >= 4 is 6.08 Å². The fourth-order valence-electron chi connectivity index (χ4n) is 3.50. The van der Waals surface area contributed by atoms with Crippen molar-refractivity contribution in [3.05, 3.63) is 52.6 Å². The molecule has 0 bridgehead atoms. The molecule has 128 valence electrons. The Morgan fingerprint density at radius 1 is 1.25 bits per heavy atom. The van der Waals surface area contributed by atoms with Crippen LogP contribution in [0.3, 0.4) is 0 Å². The number of hydrogen-bond donors (Lipinski definition) is 0. The number of benzene rings is 1. The Hall–Kier alpha value is -2.03. The SMILES string of the molecule is CCCOc1ccc(/C=C(\C)Cn2ccnc2C)c2c1CCCC2. The van der Waals surface area contributed by atoms with Crippen LogP contribution in [0.1, 0.15) is 55.6 Å². The van der Waals surface area contributed by atoms with E-state index in [9.17, 15) is 0 Å². The molecule has 1 aliphatic rings. The molecule has 0 saturated heterocycles. The lowest BCUT2D eigenvalue weighted by Crippen LogP contribution is -2.09. The molecule has 1 aliphatic carbocycles. The zero-order valence-corrected chi connectivity index (χ0v) is 15.1. The maximum absolute atomic E-state index is 5.98. The predicted octanol–water partition coefficient (Wildman–Crippen LogP) is 4.96. The monoisotopic (exact) mass is 324 g/mol. The Bertz CT molecular complexity index is 727. The van der Waals surface area contributed by atoms with Crippen LogP contribution >= 0.6 is 0 Å². The molecule has 1 aromatic heterocycles. The molecule has 1 aromatic carbocycles. The summed E-state index contributed by atoms with van der Waals surface area (Å²) in [6.45, 7) is 8.12. The van der Waals surface area contributed by atoms with Gasteiger partial charge >= 0.3 is 0 Å². The van der Waals surface area contributed by atoms with Gasteiger partial charge in [-0.15, -0.1) is 0 Å². The van der Waals surface area contributed by atoms with Crippen LogP contribution in [0, 0.1) is 6.92 Å². The van der Waals surface area contributed by atoms with Gasteiger partial charge in [0, 0.05) is 18.9 Å². The Kier molecular flexibility index (Phi) is 5.39. The molecule has 3 heteroatoms. The molecule has 0 saturated carbocycles. The van der Waals surface area contributed by atoms with E-state index in [2.05, 4.69) is 48.5 Å². The number of aryl methyl sites for hydroxylation is 1. The van der Waals surface area contributed by atoms with E-state index in [4.69, 9.17) is 4.74 Å². The third-order valence-electron chi connectivity index (χ3n) is 4.73. The average molecular weight is 324 g/mol. The normalized spacial score (nSPS) is 14.5. The fraction of sp³-hybridized carbons (Fsp3) is 0.476. The van der Waals surface area contributed by atoms with Gasteiger partial charge in [-0.1, -0.05) is 24.6 Å². The Balaban J connectivity index is 1.87. The lowest BCUT2D eigenvalue weighted by atomic mass is 9.87. The molecule has 0 spiro atoms. The van der Waals surface area contributed by atoms with E-state index in [1.165, 1.54) is 41.5 Å². The summed E-state index contributed by atoms with van der Waals surface area (Å²) >= 11 is 0. The third kappa shape index (κ3) is 3.72. The molecule has 0 radical (unpaired) electrons. The molecule has 0 amide bonds. The summed E-state index contributed by atoms with van der Waals surface area (Å²) in [4.78, 5) is 4.31. The van der Waals surface area contributed by atoms with Gasteiger partial charge in [-0.05, 0) is 68.7 Å². The van der Waals surface area contributed by atoms with Crippen LogP contribution in [0.4, 0.5) is 0 Å². The molecule has 3 rings (SSSR count). The number of aromatic nitrogens is 2. The number of fused-ring (bicyclic) bond motifs is 1. The Morgan fingerprint density at radius 2 is 2.04 bits per heavy atom. The van der Waals surface area contributed by atoms with Gasteiger partial charge in [-0.2, -0.15) is 0 Å². The first-order chi connectivity index (χ1) is 11.7. The van der Waals surface area contributed by atoms with Crippen molar-refractivity contribution in [1.82, 2.24) is 9.55 Å². The minimum absolute atomic E-state index is 0.806. The fourth-order valence-corrected chi connectivity index (χ4v) is 3.50. The quantitative estimate of drug-likeness (QED) is 0.750. The zero-order valence-electron chi connectivity index (χ0n) is 15.1. The molecule has 2 aromatic rings. The minimum Gasteiger partial charge on any atom is -0.493 e. The second-order valence-corrected chi connectivity index (χ2v) is 6.76. The molecule has 0 N–H and O–H groups in total. The van der Waals surface area contributed by atoms with E-state index in [-0.39, 0.29) is 0 Å². The second-order valence-electron chi connectivity index (χ2n) is 6.76. The van der Waals surface area contributed by atoms with Crippen molar-refractivity contribution < 1.29 is 4.74 Å². The molecule has 1 heterocycles. The second kappa shape index (κ2) is 7.69. The van der Waals surface area contributed by atoms with Gasteiger partial charge < -0.3 is 9.30 Å². The van der Waals surface area contributed by atoms with E-state index in [1.807, 2.05) is 12.4 Å². The van der Waals surface area contributed by atoms with Crippen LogP contribution in [0.15, 0.2) is 30.1 Å². The number of imidazole rings is 1. The Morgan fingerprint density at radius 3 is 2.75 bits per heavy atom. The van der Waals surface area contributed by atoms with E-state index in [0.29, 0.717) is 0 Å². The maximum Gasteiger partial charge on any atom is 0.122 e. The van der Waals surface area contributed by atoms with Crippen molar-refractivity contribution in [2.24, 2.45) is 0 Å². The summed E-state index contributed by atoms with van der Waals surface area (Å²) in [5.41, 5.74) is 5.65. The lowest BCUT2D eigenvalue weighted by Gasteiger charge is -2.22. The van der Waals surface area contributed by atoms with Crippen molar-refractivity contribution in [2.75, 3.05) is 6.61 Å². The standard InChI is InChI=1S/C21H28N2O/c1-4-13-24-21-10-9-18(19-7-5-6-8-20(19)21)14-16(2)15-23-12-11-22-17(23)3/h9-12,14H,4-8,13,15H2,1-3H3/b16-14+. The number of allylic oxidation sites excluding steroid dienone is 1. The van der Waals surface area contributed by atoms with E-state index >= 15 is 0 Å². The number of rotatable bonds is 6. The van der Waals surface area contributed by atoms with Gasteiger partial charge in [0.15, 0.2) is 0 Å². The van der Waals surface area contributed by atoms with Crippen LogP contribution in [-0.2, 0) is 19.4 Å². The van der Waals surface area contributed by atoms with Crippen LogP contribution in [0.2, 0.25) is 0 Å². The predicted molar refractivity (Wildman–Crippen MR) is 99.5 cm³/mol. The van der Waals surface area contributed by atoms with Gasteiger partial charge in [0.05, 0.1) is 6.61 Å². The molecule has 3 nitrogen and oxygen atoms in total. The molecule has 0 aliphatic heterocycles. The molecule has 0 fully saturated rings.